The standard InChI is InChI=1S/C21H18BrFN6O/c1-12-13-5-3-4-6-14(13)15(23)11-28(12)21(30)16-9-17(20-24-7-8-27(20)2)29-19(25-16)10-18(22)26-29/h3-10,12,15H,11H2,1-2H3. The summed E-state index contributed by atoms with van der Waals surface area (Å²) in [6, 6.07) is 10.5. The van der Waals surface area contributed by atoms with Crippen molar-refractivity contribution in [2.75, 3.05) is 6.54 Å². The lowest BCUT2D eigenvalue weighted by molar-refractivity contribution is 0.0585. The Kier molecular flexibility index (Phi) is 4.43. The van der Waals surface area contributed by atoms with Gasteiger partial charge in [0.15, 0.2) is 11.5 Å². The highest BCUT2D eigenvalue weighted by atomic mass is 79.9. The fourth-order valence-corrected chi connectivity index (χ4v) is 4.37. The summed E-state index contributed by atoms with van der Waals surface area (Å²) in [5, 5.41) is 4.41. The van der Waals surface area contributed by atoms with Crippen LogP contribution < -0.4 is 0 Å². The van der Waals surface area contributed by atoms with E-state index in [1.165, 1.54) is 0 Å². The second-order valence-corrected chi connectivity index (χ2v) is 8.17. The third kappa shape index (κ3) is 2.92. The van der Waals surface area contributed by atoms with E-state index in [2.05, 4.69) is 31.0 Å². The van der Waals surface area contributed by atoms with Crippen molar-refractivity contribution < 1.29 is 9.18 Å². The van der Waals surface area contributed by atoms with Crippen LogP contribution in [0.2, 0.25) is 0 Å². The van der Waals surface area contributed by atoms with Gasteiger partial charge in [0.25, 0.3) is 5.91 Å². The summed E-state index contributed by atoms with van der Waals surface area (Å²) in [6.07, 6.45) is 2.26. The summed E-state index contributed by atoms with van der Waals surface area (Å²) in [4.78, 5) is 23.9. The Bertz CT molecular complexity index is 1280. The van der Waals surface area contributed by atoms with Gasteiger partial charge in [0.2, 0.25) is 0 Å². The zero-order valence-electron chi connectivity index (χ0n) is 16.3. The van der Waals surface area contributed by atoms with E-state index in [1.807, 2.05) is 42.9 Å². The number of hydrogen-bond donors (Lipinski definition) is 0. The molecule has 0 fully saturated rings. The van der Waals surface area contributed by atoms with E-state index >= 15 is 0 Å². The molecule has 1 aliphatic heterocycles. The number of alkyl halides is 1. The molecule has 0 spiro atoms. The smallest absolute Gasteiger partial charge is 0.273 e. The van der Waals surface area contributed by atoms with Crippen molar-refractivity contribution in [3.05, 3.63) is 70.2 Å². The number of carbonyl (C=O) groups excluding carboxylic acids is 1. The van der Waals surface area contributed by atoms with Gasteiger partial charge in [-0.05, 0) is 40.0 Å². The van der Waals surface area contributed by atoms with Crippen LogP contribution in [0.4, 0.5) is 4.39 Å². The van der Waals surface area contributed by atoms with E-state index < -0.39 is 6.17 Å². The van der Waals surface area contributed by atoms with Crippen molar-refractivity contribution in [1.29, 1.82) is 0 Å². The number of imidazole rings is 1. The molecule has 30 heavy (non-hydrogen) atoms. The summed E-state index contributed by atoms with van der Waals surface area (Å²) >= 11 is 3.37. The molecule has 0 radical (unpaired) electrons. The number of hydrogen-bond acceptors (Lipinski definition) is 4. The summed E-state index contributed by atoms with van der Waals surface area (Å²) in [5.41, 5.74) is 2.83. The maximum absolute atomic E-state index is 14.8. The molecule has 1 aromatic carbocycles. The summed E-state index contributed by atoms with van der Waals surface area (Å²) < 4.78 is 18.9. The van der Waals surface area contributed by atoms with E-state index in [4.69, 9.17) is 0 Å². The van der Waals surface area contributed by atoms with Crippen molar-refractivity contribution in [3.63, 3.8) is 0 Å². The molecule has 9 heteroatoms. The molecule has 1 aliphatic rings. The third-order valence-corrected chi connectivity index (χ3v) is 5.92. The maximum atomic E-state index is 14.8. The van der Waals surface area contributed by atoms with Crippen molar-refractivity contribution in [1.82, 2.24) is 29.0 Å². The molecule has 152 valence electrons. The van der Waals surface area contributed by atoms with Gasteiger partial charge in [0.1, 0.15) is 22.2 Å². The average Bonchev–Trinajstić information content (AvgIpc) is 3.33. The van der Waals surface area contributed by atoms with Gasteiger partial charge in [0.05, 0.1) is 12.6 Å². The summed E-state index contributed by atoms with van der Waals surface area (Å²) in [7, 11) is 1.87. The van der Waals surface area contributed by atoms with Crippen LogP contribution >= 0.6 is 15.9 Å². The lowest BCUT2D eigenvalue weighted by Crippen LogP contribution is -2.40. The second-order valence-electron chi connectivity index (χ2n) is 7.36. The quantitative estimate of drug-likeness (QED) is 0.443. The first-order valence-electron chi connectivity index (χ1n) is 9.52. The lowest BCUT2D eigenvalue weighted by Gasteiger charge is -2.36. The molecule has 0 bridgehead atoms. The number of amides is 1. The first kappa shape index (κ1) is 18.9. The van der Waals surface area contributed by atoms with Crippen LogP contribution in [0.25, 0.3) is 17.2 Å². The van der Waals surface area contributed by atoms with Gasteiger partial charge in [-0.1, -0.05) is 24.3 Å². The van der Waals surface area contributed by atoms with Crippen LogP contribution in [0.1, 0.15) is 40.8 Å². The number of benzene rings is 1. The molecular formula is C21H18BrFN6O. The zero-order valence-corrected chi connectivity index (χ0v) is 17.9. The minimum atomic E-state index is -1.23. The van der Waals surface area contributed by atoms with Gasteiger partial charge in [-0.15, -0.1) is 0 Å². The highest BCUT2D eigenvalue weighted by Gasteiger charge is 2.34. The maximum Gasteiger partial charge on any atom is 0.273 e. The van der Waals surface area contributed by atoms with Crippen LogP contribution in [-0.4, -0.2) is 41.5 Å². The van der Waals surface area contributed by atoms with Crippen molar-refractivity contribution >= 4 is 27.5 Å². The molecule has 3 aromatic heterocycles. The molecule has 2 unspecified atom stereocenters. The number of aryl methyl sites for hydroxylation is 1. The van der Waals surface area contributed by atoms with Gasteiger partial charge in [-0.2, -0.15) is 5.10 Å². The van der Waals surface area contributed by atoms with Crippen molar-refractivity contribution in [2.45, 2.75) is 19.1 Å². The Morgan fingerprint density at radius 1 is 1.23 bits per heavy atom. The molecule has 0 aliphatic carbocycles. The van der Waals surface area contributed by atoms with Gasteiger partial charge in [-0.3, -0.25) is 4.79 Å². The fraction of sp³-hybridized carbons (Fsp3) is 0.238. The van der Waals surface area contributed by atoms with Crippen LogP contribution in [-0.2, 0) is 7.05 Å². The number of aromatic nitrogens is 5. The highest BCUT2D eigenvalue weighted by Crippen LogP contribution is 2.37. The fourth-order valence-electron chi connectivity index (χ4n) is 4.01. The number of rotatable bonds is 2. The van der Waals surface area contributed by atoms with E-state index in [0.717, 1.165) is 5.56 Å². The predicted octanol–water partition coefficient (Wildman–Crippen LogP) is 4.12. The Hall–Kier alpha value is -3.07. The molecule has 4 heterocycles. The van der Waals surface area contributed by atoms with Crippen LogP contribution in [0.5, 0.6) is 0 Å². The molecule has 4 aromatic rings. The number of carbonyl (C=O) groups is 1. The van der Waals surface area contributed by atoms with Crippen LogP contribution in [0.15, 0.2) is 53.4 Å². The lowest BCUT2D eigenvalue weighted by atomic mass is 9.92. The van der Waals surface area contributed by atoms with E-state index in [-0.39, 0.29) is 24.2 Å². The molecular weight excluding hydrogens is 451 g/mol. The Balaban J connectivity index is 1.62. The zero-order chi connectivity index (χ0) is 21.0. The minimum absolute atomic E-state index is 0.00936. The van der Waals surface area contributed by atoms with E-state index in [1.54, 1.807) is 33.8 Å². The SMILES string of the molecule is CC1c2ccccc2C(F)CN1C(=O)c1cc(-c2nccn2C)n2nc(Br)cc2n1. The number of halogens is 2. The Labute approximate surface area is 180 Å². The Morgan fingerprint density at radius 3 is 2.73 bits per heavy atom. The largest absolute Gasteiger partial charge is 0.333 e. The third-order valence-electron chi connectivity index (χ3n) is 5.54. The van der Waals surface area contributed by atoms with Crippen molar-refractivity contribution in [2.24, 2.45) is 7.05 Å². The van der Waals surface area contributed by atoms with Gasteiger partial charge in [-0.25, -0.2) is 18.9 Å². The summed E-state index contributed by atoms with van der Waals surface area (Å²) in [6.45, 7) is 1.90. The molecule has 1 amide bonds. The first-order chi connectivity index (χ1) is 14.4. The van der Waals surface area contributed by atoms with Gasteiger partial charge >= 0.3 is 0 Å². The Morgan fingerprint density at radius 2 is 2.00 bits per heavy atom. The molecule has 0 saturated heterocycles. The highest BCUT2D eigenvalue weighted by molar-refractivity contribution is 9.10. The molecule has 7 nitrogen and oxygen atoms in total. The van der Waals surface area contributed by atoms with Crippen LogP contribution in [0, 0.1) is 0 Å². The average molecular weight is 469 g/mol. The van der Waals surface area contributed by atoms with E-state index in [0.29, 0.717) is 27.3 Å². The molecule has 5 rings (SSSR count). The monoisotopic (exact) mass is 468 g/mol. The summed E-state index contributed by atoms with van der Waals surface area (Å²) in [5.74, 6) is 0.322. The predicted molar refractivity (Wildman–Crippen MR) is 113 cm³/mol. The van der Waals surface area contributed by atoms with E-state index in [9.17, 15) is 9.18 Å². The molecule has 2 atom stereocenters. The first-order valence-corrected chi connectivity index (χ1v) is 10.3. The molecule has 0 N–H and O–H groups in total. The normalized spacial score (nSPS) is 18.6. The van der Waals surface area contributed by atoms with Gasteiger partial charge in [0, 0.05) is 25.5 Å². The topological polar surface area (TPSA) is 68.3 Å². The van der Waals surface area contributed by atoms with Crippen molar-refractivity contribution in [3.8, 4) is 11.5 Å². The second kappa shape index (κ2) is 7.02. The molecule has 0 saturated carbocycles. The van der Waals surface area contributed by atoms with Gasteiger partial charge < -0.3 is 9.47 Å². The minimum Gasteiger partial charge on any atom is -0.333 e. The number of fused-ring (bicyclic) bond motifs is 2. The number of nitrogens with zero attached hydrogens (tertiary/aromatic N) is 6. The van der Waals surface area contributed by atoms with Crippen LogP contribution in [0.3, 0.4) is 0 Å².